The summed E-state index contributed by atoms with van der Waals surface area (Å²) >= 11 is 3.38. The molecule has 112 valence electrons. The molecule has 1 aromatic heterocycles. The Morgan fingerprint density at radius 3 is 2.90 bits per heavy atom. The minimum absolute atomic E-state index is 0.138. The number of hydrogen-bond donors (Lipinski definition) is 2. The van der Waals surface area contributed by atoms with Crippen LogP contribution in [0, 0.1) is 0 Å². The average Bonchev–Trinajstić information content (AvgIpc) is 2.51. The molecule has 0 fully saturated rings. The lowest BCUT2D eigenvalue weighted by Gasteiger charge is -2.17. The number of rotatable bonds is 7. The second-order valence-corrected chi connectivity index (χ2v) is 5.75. The highest BCUT2D eigenvalue weighted by Crippen LogP contribution is 2.17. The van der Waals surface area contributed by atoms with Crippen molar-refractivity contribution < 1.29 is 9.84 Å². The van der Waals surface area contributed by atoms with Gasteiger partial charge < -0.3 is 15.2 Å². The number of halogens is 1. The summed E-state index contributed by atoms with van der Waals surface area (Å²) in [5.74, 6) is 0.740. The third-order valence-electron chi connectivity index (χ3n) is 3.08. The molecule has 0 saturated carbocycles. The third-order valence-corrected chi connectivity index (χ3v) is 3.58. The van der Waals surface area contributed by atoms with Gasteiger partial charge in [0, 0.05) is 29.5 Å². The molecular weight excluding hydrogens is 332 g/mol. The SMILES string of the molecule is C[C@@H](NCC(O)COc1cccc(Br)c1)c1cccnc1. The largest absolute Gasteiger partial charge is 0.491 e. The first kappa shape index (κ1) is 15.9. The van der Waals surface area contributed by atoms with Crippen molar-refractivity contribution >= 4 is 15.9 Å². The first-order valence-corrected chi connectivity index (χ1v) is 7.64. The summed E-state index contributed by atoms with van der Waals surface area (Å²) in [6, 6.07) is 11.6. The lowest BCUT2D eigenvalue weighted by atomic mass is 10.1. The predicted molar refractivity (Wildman–Crippen MR) is 86.3 cm³/mol. The number of hydrogen-bond acceptors (Lipinski definition) is 4. The van der Waals surface area contributed by atoms with Crippen molar-refractivity contribution in [1.82, 2.24) is 10.3 Å². The number of aromatic nitrogens is 1. The number of aliphatic hydroxyl groups excluding tert-OH is 1. The average molecular weight is 351 g/mol. The Balaban J connectivity index is 1.73. The molecule has 0 radical (unpaired) electrons. The Hall–Kier alpha value is -1.43. The molecule has 2 N–H and O–H groups in total. The quantitative estimate of drug-likeness (QED) is 0.805. The van der Waals surface area contributed by atoms with Gasteiger partial charge in [-0.2, -0.15) is 0 Å². The van der Waals surface area contributed by atoms with Gasteiger partial charge in [0.1, 0.15) is 18.5 Å². The first-order chi connectivity index (χ1) is 10.1. The van der Waals surface area contributed by atoms with E-state index in [-0.39, 0.29) is 12.6 Å². The fourth-order valence-electron chi connectivity index (χ4n) is 1.87. The molecule has 0 aliphatic carbocycles. The van der Waals surface area contributed by atoms with Gasteiger partial charge >= 0.3 is 0 Å². The normalized spacial score (nSPS) is 13.7. The summed E-state index contributed by atoms with van der Waals surface area (Å²) < 4.78 is 6.51. The van der Waals surface area contributed by atoms with E-state index in [1.807, 2.05) is 49.5 Å². The van der Waals surface area contributed by atoms with Crippen molar-refractivity contribution in [2.75, 3.05) is 13.2 Å². The second-order valence-electron chi connectivity index (χ2n) is 4.84. The Kier molecular flexibility index (Phi) is 6.17. The predicted octanol–water partition coefficient (Wildman–Crippen LogP) is 2.93. The van der Waals surface area contributed by atoms with Gasteiger partial charge in [0.05, 0.1) is 0 Å². The number of nitrogens with one attached hydrogen (secondary N) is 1. The topological polar surface area (TPSA) is 54.4 Å². The summed E-state index contributed by atoms with van der Waals surface area (Å²) in [6.07, 6.45) is 3.00. The summed E-state index contributed by atoms with van der Waals surface area (Å²) in [5.41, 5.74) is 1.10. The van der Waals surface area contributed by atoms with Crippen LogP contribution in [-0.4, -0.2) is 29.3 Å². The molecule has 0 amide bonds. The number of aliphatic hydroxyl groups is 1. The van der Waals surface area contributed by atoms with Crippen LogP contribution >= 0.6 is 15.9 Å². The molecule has 1 heterocycles. The smallest absolute Gasteiger partial charge is 0.120 e. The van der Waals surface area contributed by atoms with E-state index in [0.29, 0.717) is 6.54 Å². The van der Waals surface area contributed by atoms with Crippen LogP contribution in [0.4, 0.5) is 0 Å². The molecule has 2 aromatic rings. The van der Waals surface area contributed by atoms with Crippen molar-refractivity contribution in [2.24, 2.45) is 0 Å². The molecule has 21 heavy (non-hydrogen) atoms. The van der Waals surface area contributed by atoms with Crippen LogP contribution in [0.5, 0.6) is 5.75 Å². The Bertz CT molecular complexity index is 551. The summed E-state index contributed by atoms with van der Waals surface area (Å²) in [5, 5.41) is 13.2. The highest BCUT2D eigenvalue weighted by molar-refractivity contribution is 9.10. The van der Waals surface area contributed by atoms with Crippen LogP contribution < -0.4 is 10.1 Å². The van der Waals surface area contributed by atoms with Crippen LogP contribution in [0.3, 0.4) is 0 Å². The third kappa shape index (κ3) is 5.46. The molecule has 1 unspecified atom stereocenters. The van der Waals surface area contributed by atoms with E-state index >= 15 is 0 Å². The minimum Gasteiger partial charge on any atom is -0.491 e. The van der Waals surface area contributed by atoms with Gasteiger partial charge in [-0.15, -0.1) is 0 Å². The fourth-order valence-corrected chi connectivity index (χ4v) is 2.25. The van der Waals surface area contributed by atoms with Crippen molar-refractivity contribution in [2.45, 2.75) is 19.1 Å². The zero-order chi connectivity index (χ0) is 15.1. The van der Waals surface area contributed by atoms with E-state index in [9.17, 15) is 5.11 Å². The number of ether oxygens (including phenoxy) is 1. The maximum Gasteiger partial charge on any atom is 0.120 e. The minimum atomic E-state index is -0.567. The van der Waals surface area contributed by atoms with E-state index in [0.717, 1.165) is 15.8 Å². The standard InChI is InChI=1S/C16H19BrN2O2/c1-12(13-4-3-7-18-9-13)19-10-15(20)11-21-16-6-2-5-14(17)8-16/h2-9,12,15,19-20H,10-11H2,1H3/t12-,15?/m1/s1. The van der Waals surface area contributed by atoms with Crippen molar-refractivity contribution in [3.05, 3.63) is 58.8 Å². The molecule has 1 aromatic carbocycles. The molecule has 0 bridgehead atoms. The van der Waals surface area contributed by atoms with Crippen LogP contribution in [0.1, 0.15) is 18.5 Å². The Labute approximate surface area is 133 Å². The van der Waals surface area contributed by atoms with Gasteiger partial charge in [0.2, 0.25) is 0 Å². The zero-order valence-electron chi connectivity index (χ0n) is 11.9. The number of nitrogens with zero attached hydrogens (tertiary/aromatic N) is 1. The molecule has 2 rings (SSSR count). The van der Waals surface area contributed by atoms with Crippen LogP contribution in [0.2, 0.25) is 0 Å². The molecule has 0 aliphatic heterocycles. The maximum atomic E-state index is 9.96. The molecule has 2 atom stereocenters. The van der Waals surface area contributed by atoms with Crippen LogP contribution in [-0.2, 0) is 0 Å². The zero-order valence-corrected chi connectivity index (χ0v) is 13.5. The van der Waals surface area contributed by atoms with Crippen LogP contribution in [0.15, 0.2) is 53.3 Å². The number of benzene rings is 1. The summed E-state index contributed by atoms with van der Waals surface area (Å²) in [4.78, 5) is 4.09. The Morgan fingerprint density at radius 1 is 1.33 bits per heavy atom. The van der Waals surface area contributed by atoms with Crippen molar-refractivity contribution in [3.8, 4) is 5.75 Å². The van der Waals surface area contributed by atoms with Gasteiger partial charge in [0.15, 0.2) is 0 Å². The van der Waals surface area contributed by atoms with Crippen LogP contribution in [0.25, 0.3) is 0 Å². The van der Waals surface area contributed by atoms with Gasteiger partial charge in [-0.1, -0.05) is 28.1 Å². The second kappa shape index (κ2) is 8.12. The molecule has 0 saturated heterocycles. The van der Waals surface area contributed by atoms with E-state index in [1.165, 1.54) is 0 Å². The van der Waals surface area contributed by atoms with Gasteiger partial charge in [-0.05, 0) is 36.8 Å². The van der Waals surface area contributed by atoms with E-state index in [2.05, 4.69) is 26.2 Å². The lowest BCUT2D eigenvalue weighted by Crippen LogP contribution is -2.33. The van der Waals surface area contributed by atoms with Crippen molar-refractivity contribution in [1.29, 1.82) is 0 Å². The van der Waals surface area contributed by atoms with E-state index < -0.39 is 6.10 Å². The monoisotopic (exact) mass is 350 g/mol. The van der Waals surface area contributed by atoms with Gasteiger partial charge in [-0.25, -0.2) is 0 Å². The van der Waals surface area contributed by atoms with E-state index in [4.69, 9.17) is 4.74 Å². The van der Waals surface area contributed by atoms with E-state index in [1.54, 1.807) is 6.20 Å². The highest BCUT2D eigenvalue weighted by Gasteiger charge is 2.09. The van der Waals surface area contributed by atoms with Gasteiger partial charge in [0.25, 0.3) is 0 Å². The number of pyridine rings is 1. The molecule has 4 nitrogen and oxygen atoms in total. The van der Waals surface area contributed by atoms with Gasteiger partial charge in [-0.3, -0.25) is 4.98 Å². The highest BCUT2D eigenvalue weighted by atomic mass is 79.9. The molecular formula is C16H19BrN2O2. The molecule has 5 heteroatoms. The summed E-state index contributed by atoms with van der Waals surface area (Å²) in [7, 11) is 0. The maximum absolute atomic E-state index is 9.96. The molecule has 0 spiro atoms. The first-order valence-electron chi connectivity index (χ1n) is 6.85. The summed E-state index contributed by atoms with van der Waals surface area (Å²) in [6.45, 7) is 2.76. The Morgan fingerprint density at radius 2 is 2.19 bits per heavy atom. The lowest BCUT2D eigenvalue weighted by molar-refractivity contribution is 0.104. The van der Waals surface area contributed by atoms with Crippen molar-refractivity contribution in [3.63, 3.8) is 0 Å². The fraction of sp³-hybridized carbons (Fsp3) is 0.312. The molecule has 0 aliphatic rings.